The summed E-state index contributed by atoms with van der Waals surface area (Å²) in [6.45, 7) is 0. The number of nitro groups is 1. The first-order chi connectivity index (χ1) is 8.47. The zero-order valence-corrected chi connectivity index (χ0v) is 11.1. The Labute approximate surface area is 118 Å². The molecule has 0 aromatic heterocycles. The standard InChI is InChI=1S/C12H6Cl3NO2/c13-9-3-8(4-10(6-9)16(17)18)7-1-2-11(14)12(15)5-7/h1-6H. The summed E-state index contributed by atoms with van der Waals surface area (Å²) in [5, 5.41) is 11.9. The maximum atomic E-state index is 10.8. The third kappa shape index (κ3) is 2.75. The molecule has 0 aliphatic heterocycles. The van der Waals surface area contributed by atoms with Crippen molar-refractivity contribution in [3.63, 3.8) is 0 Å². The van der Waals surface area contributed by atoms with Crippen LogP contribution in [0.3, 0.4) is 0 Å². The normalized spacial score (nSPS) is 10.4. The van der Waals surface area contributed by atoms with E-state index in [2.05, 4.69) is 0 Å². The number of halogens is 3. The predicted octanol–water partition coefficient (Wildman–Crippen LogP) is 5.22. The fourth-order valence-corrected chi connectivity index (χ4v) is 2.05. The van der Waals surface area contributed by atoms with Gasteiger partial charge in [0.2, 0.25) is 0 Å². The second kappa shape index (κ2) is 5.14. The third-order valence-electron chi connectivity index (χ3n) is 2.35. The molecule has 0 saturated heterocycles. The van der Waals surface area contributed by atoms with Gasteiger partial charge in [-0.1, -0.05) is 40.9 Å². The lowest BCUT2D eigenvalue weighted by atomic mass is 10.1. The molecular formula is C12H6Cl3NO2. The Morgan fingerprint density at radius 1 is 0.889 bits per heavy atom. The van der Waals surface area contributed by atoms with Gasteiger partial charge in [0.05, 0.1) is 15.0 Å². The van der Waals surface area contributed by atoms with Crippen LogP contribution in [0.15, 0.2) is 36.4 Å². The first-order valence-electron chi connectivity index (χ1n) is 4.88. The van der Waals surface area contributed by atoms with Crippen molar-refractivity contribution < 1.29 is 4.92 Å². The first-order valence-corrected chi connectivity index (χ1v) is 6.01. The van der Waals surface area contributed by atoms with E-state index in [-0.39, 0.29) is 5.69 Å². The maximum Gasteiger partial charge on any atom is 0.271 e. The fraction of sp³-hybridized carbons (Fsp3) is 0. The van der Waals surface area contributed by atoms with Crippen molar-refractivity contribution in [1.82, 2.24) is 0 Å². The summed E-state index contributed by atoms with van der Waals surface area (Å²) in [5.74, 6) is 0. The molecule has 0 heterocycles. The minimum atomic E-state index is -0.493. The van der Waals surface area contributed by atoms with Crippen LogP contribution in [-0.4, -0.2) is 4.92 Å². The van der Waals surface area contributed by atoms with Gasteiger partial charge in [-0.05, 0) is 29.3 Å². The molecule has 0 fully saturated rings. The van der Waals surface area contributed by atoms with Crippen LogP contribution in [0.5, 0.6) is 0 Å². The van der Waals surface area contributed by atoms with Crippen LogP contribution in [0, 0.1) is 10.1 Å². The second-order valence-corrected chi connectivity index (χ2v) is 4.83. The number of nitro benzene ring substituents is 1. The molecule has 0 aliphatic rings. The molecule has 2 aromatic rings. The van der Waals surface area contributed by atoms with Crippen molar-refractivity contribution in [1.29, 1.82) is 0 Å². The minimum Gasteiger partial charge on any atom is -0.258 e. The largest absolute Gasteiger partial charge is 0.271 e. The van der Waals surface area contributed by atoms with E-state index in [9.17, 15) is 10.1 Å². The lowest BCUT2D eigenvalue weighted by molar-refractivity contribution is -0.384. The highest BCUT2D eigenvalue weighted by Gasteiger charge is 2.11. The van der Waals surface area contributed by atoms with Crippen molar-refractivity contribution in [2.75, 3.05) is 0 Å². The number of non-ortho nitro benzene ring substituents is 1. The number of hydrogen-bond acceptors (Lipinski definition) is 2. The summed E-state index contributed by atoms with van der Waals surface area (Å²) >= 11 is 17.6. The van der Waals surface area contributed by atoms with Crippen LogP contribution >= 0.6 is 34.8 Å². The van der Waals surface area contributed by atoms with Crippen LogP contribution in [0.25, 0.3) is 11.1 Å². The van der Waals surface area contributed by atoms with Crippen molar-refractivity contribution in [2.24, 2.45) is 0 Å². The van der Waals surface area contributed by atoms with E-state index in [0.29, 0.717) is 20.6 Å². The lowest BCUT2D eigenvalue weighted by Gasteiger charge is -2.04. The van der Waals surface area contributed by atoms with Crippen LogP contribution < -0.4 is 0 Å². The van der Waals surface area contributed by atoms with E-state index in [0.717, 1.165) is 5.56 Å². The highest BCUT2D eigenvalue weighted by Crippen LogP contribution is 2.32. The number of benzene rings is 2. The highest BCUT2D eigenvalue weighted by atomic mass is 35.5. The quantitative estimate of drug-likeness (QED) is 0.563. The molecule has 0 spiro atoms. The Hall–Kier alpha value is -1.29. The van der Waals surface area contributed by atoms with Crippen LogP contribution in [0.2, 0.25) is 15.1 Å². The van der Waals surface area contributed by atoms with Crippen molar-refractivity contribution >= 4 is 40.5 Å². The van der Waals surface area contributed by atoms with Gasteiger partial charge in [-0.2, -0.15) is 0 Å². The summed E-state index contributed by atoms with van der Waals surface area (Å²) < 4.78 is 0. The number of hydrogen-bond donors (Lipinski definition) is 0. The molecule has 6 heteroatoms. The van der Waals surface area contributed by atoms with Gasteiger partial charge in [0, 0.05) is 17.2 Å². The van der Waals surface area contributed by atoms with Gasteiger partial charge in [0.25, 0.3) is 5.69 Å². The summed E-state index contributed by atoms with van der Waals surface area (Å²) in [4.78, 5) is 10.3. The molecule has 0 saturated carbocycles. The van der Waals surface area contributed by atoms with E-state index >= 15 is 0 Å². The summed E-state index contributed by atoms with van der Waals surface area (Å²) in [7, 11) is 0. The smallest absolute Gasteiger partial charge is 0.258 e. The van der Waals surface area contributed by atoms with Gasteiger partial charge in [-0.15, -0.1) is 0 Å². The average molecular weight is 303 g/mol. The molecule has 18 heavy (non-hydrogen) atoms. The molecule has 2 aromatic carbocycles. The van der Waals surface area contributed by atoms with E-state index in [1.54, 1.807) is 24.3 Å². The molecule has 0 atom stereocenters. The fourth-order valence-electron chi connectivity index (χ4n) is 1.52. The Morgan fingerprint density at radius 2 is 1.61 bits per heavy atom. The Kier molecular flexibility index (Phi) is 3.76. The second-order valence-electron chi connectivity index (χ2n) is 3.58. The van der Waals surface area contributed by atoms with Gasteiger partial charge in [0.15, 0.2) is 0 Å². The summed E-state index contributed by atoms with van der Waals surface area (Å²) in [6.07, 6.45) is 0. The Bertz CT molecular complexity index is 629. The molecule has 2 rings (SSSR count). The minimum absolute atomic E-state index is 0.0661. The van der Waals surface area contributed by atoms with Gasteiger partial charge in [-0.25, -0.2) is 0 Å². The van der Waals surface area contributed by atoms with Crippen molar-refractivity contribution in [2.45, 2.75) is 0 Å². The molecule has 0 amide bonds. The number of nitrogens with zero attached hydrogens (tertiary/aromatic N) is 1. The van der Waals surface area contributed by atoms with Gasteiger partial charge < -0.3 is 0 Å². The molecule has 0 unspecified atom stereocenters. The zero-order valence-electron chi connectivity index (χ0n) is 8.86. The molecule has 3 nitrogen and oxygen atoms in total. The van der Waals surface area contributed by atoms with Crippen LogP contribution in [0.1, 0.15) is 0 Å². The van der Waals surface area contributed by atoms with E-state index < -0.39 is 4.92 Å². The highest BCUT2D eigenvalue weighted by molar-refractivity contribution is 6.42. The third-order valence-corrected chi connectivity index (χ3v) is 3.30. The summed E-state index contributed by atoms with van der Waals surface area (Å²) in [6, 6.07) is 9.36. The zero-order chi connectivity index (χ0) is 13.3. The van der Waals surface area contributed by atoms with E-state index in [4.69, 9.17) is 34.8 Å². The van der Waals surface area contributed by atoms with Crippen molar-refractivity contribution in [3.8, 4) is 11.1 Å². The lowest BCUT2D eigenvalue weighted by Crippen LogP contribution is -1.89. The molecule has 0 N–H and O–H groups in total. The van der Waals surface area contributed by atoms with Crippen LogP contribution in [0.4, 0.5) is 5.69 Å². The molecular weight excluding hydrogens is 296 g/mol. The topological polar surface area (TPSA) is 43.1 Å². The molecule has 92 valence electrons. The predicted molar refractivity (Wildman–Crippen MR) is 73.6 cm³/mol. The van der Waals surface area contributed by atoms with Gasteiger partial charge in [-0.3, -0.25) is 10.1 Å². The first kappa shape index (κ1) is 13.1. The molecule has 0 radical (unpaired) electrons. The molecule has 0 bridgehead atoms. The monoisotopic (exact) mass is 301 g/mol. The van der Waals surface area contributed by atoms with Crippen LogP contribution in [-0.2, 0) is 0 Å². The maximum absolute atomic E-state index is 10.8. The number of rotatable bonds is 2. The summed E-state index contributed by atoms with van der Waals surface area (Å²) in [5.41, 5.74) is 1.27. The Morgan fingerprint density at radius 3 is 2.22 bits per heavy atom. The van der Waals surface area contributed by atoms with E-state index in [1.807, 2.05) is 0 Å². The average Bonchev–Trinajstić information content (AvgIpc) is 2.31. The SMILES string of the molecule is O=[N+]([O-])c1cc(Cl)cc(-c2ccc(Cl)c(Cl)c2)c1. The molecule has 0 aliphatic carbocycles. The van der Waals surface area contributed by atoms with E-state index in [1.165, 1.54) is 12.1 Å². The van der Waals surface area contributed by atoms with Crippen molar-refractivity contribution in [3.05, 3.63) is 61.6 Å². The Balaban J connectivity index is 2.56. The van der Waals surface area contributed by atoms with Gasteiger partial charge in [0.1, 0.15) is 0 Å². The van der Waals surface area contributed by atoms with Gasteiger partial charge >= 0.3 is 0 Å².